The summed E-state index contributed by atoms with van der Waals surface area (Å²) in [5.74, 6) is -3.71. The fourth-order valence-electron chi connectivity index (χ4n) is 8.19. The number of hydrogen-bond donors (Lipinski definition) is 3. The Morgan fingerprint density at radius 2 is 1.51 bits per heavy atom. The SMILES string of the molecule is CC(C(=O)NC(F)C(F)F)c1ccc(NC(=O)C(NC(=O)c2ccnn2C(C)CN2CCOCC2)C(C2CCCCC2)C2CCCCC2)c(F)c1. The first-order valence-corrected chi connectivity index (χ1v) is 18.5. The molecule has 1 aromatic heterocycles. The molecule has 2 aromatic rings. The molecule has 1 aliphatic heterocycles. The summed E-state index contributed by atoms with van der Waals surface area (Å²) in [6, 6.07) is 4.28. The number of benzene rings is 1. The highest BCUT2D eigenvalue weighted by Crippen LogP contribution is 2.42. The van der Waals surface area contributed by atoms with Gasteiger partial charge in [0.25, 0.3) is 12.3 Å². The standard InChI is InChI=1S/C37H52F4N6O4/c1-23(22-46-17-19-51-20-18-46)47-30(15-16-42-47)36(49)44-32(31(25-9-5-3-6-10-25)26-11-7-4-8-12-26)37(50)43-29-14-13-27(21-28(29)38)24(2)35(48)45-34(41)33(39)40/h13-16,21,23-26,31-34H,3-12,17-20,22H2,1-2H3,(H,43,50)(H,44,49)(H,45,48). The number of ether oxygens (including phenoxy) is 1. The summed E-state index contributed by atoms with van der Waals surface area (Å²) in [5, 5.41) is 11.9. The molecular formula is C37H52F4N6O4. The minimum absolute atomic E-state index is 0.121. The highest BCUT2D eigenvalue weighted by atomic mass is 19.3. The van der Waals surface area contributed by atoms with Crippen LogP contribution >= 0.6 is 0 Å². The zero-order chi connectivity index (χ0) is 36.5. The van der Waals surface area contributed by atoms with Crippen LogP contribution in [-0.4, -0.2) is 84.0 Å². The van der Waals surface area contributed by atoms with Gasteiger partial charge in [-0.05, 0) is 55.4 Å². The van der Waals surface area contributed by atoms with Crippen LogP contribution in [0.15, 0.2) is 30.5 Å². The number of nitrogens with zero attached hydrogens (tertiary/aromatic N) is 3. The van der Waals surface area contributed by atoms with Gasteiger partial charge in [0.15, 0.2) is 0 Å². The molecule has 2 heterocycles. The average Bonchev–Trinajstić information content (AvgIpc) is 3.64. The molecule has 3 N–H and O–H groups in total. The summed E-state index contributed by atoms with van der Waals surface area (Å²) < 4.78 is 61.4. The lowest BCUT2D eigenvalue weighted by Gasteiger charge is -2.42. The van der Waals surface area contributed by atoms with Crippen LogP contribution in [0.3, 0.4) is 0 Å². The molecule has 1 aromatic carbocycles. The monoisotopic (exact) mass is 720 g/mol. The lowest BCUT2D eigenvalue weighted by atomic mass is 9.66. The summed E-state index contributed by atoms with van der Waals surface area (Å²) in [7, 11) is 0. The average molecular weight is 721 g/mol. The molecule has 3 amide bonds. The highest BCUT2D eigenvalue weighted by Gasteiger charge is 2.42. The Balaban J connectivity index is 1.39. The van der Waals surface area contributed by atoms with E-state index in [4.69, 9.17) is 4.74 Å². The normalized spacial score (nSPS) is 20.5. The van der Waals surface area contributed by atoms with Gasteiger partial charge in [0.2, 0.25) is 18.1 Å². The Bertz CT molecular complexity index is 1440. The smallest absolute Gasteiger partial charge is 0.287 e. The molecule has 14 heteroatoms. The van der Waals surface area contributed by atoms with Gasteiger partial charge < -0.3 is 20.7 Å². The fourth-order valence-corrected chi connectivity index (χ4v) is 8.19. The van der Waals surface area contributed by atoms with Crippen LogP contribution in [-0.2, 0) is 14.3 Å². The molecule has 0 radical (unpaired) electrons. The van der Waals surface area contributed by atoms with Crippen LogP contribution < -0.4 is 16.0 Å². The van der Waals surface area contributed by atoms with E-state index in [0.717, 1.165) is 83.4 Å². The van der Waals surface area contributed by atoms with Crippen molar-refractivity contribution >= 4 is 23.4 Å². The zero-order valence-electron chi connectivity index (χ0n) is 29.6. The number of nitrogens with one attached hydrogen (secondary N) is 3. The Labute approximate surface area is 297 Å². The second-order valence-corrected chi connectivity index (χ2v) is 14.4. The maximum absolute atomic E-state index is 15.6. The van der Waals surface area contributed by atoms with Crippen LogP contribution in [0, 0.1) is 23.6 Å². The third-order valence-electron chi connectivity index (χ3n) is 10.9. The predicted octanol–water partition coefficient (Wildman–Crippen LogP) is 6.21. The van der Waals surface area contributed by atoms with Crippen molar-refractivity contribution in [2.24, 2.45) is 17.8 Å². The number of anilines is 1. The Kier molecular flexibility index (Phi) is 13.9. The zero-order valence-corrected chi connectivity index (χ0v) is 29.6. The second kappa shape index (κ2) is 18.3. The van der Waals surface area contributed by atoms with Gasteiger partial charge in [-0.2, -0.15) is 5.10 Å². The van der Waals surface area contributed by atoms with Crippen LogP contribution in [0.5, 0.6) is 0 Å². The van der Waals surface area contributed by atoms with E-state index in [1.165, 1.54) is 19.1 Å². The molecule has 282 valence electrons. The molecular weight excluding hydrogens is 668 g/mol. The van der Waals surface area contributed by atoms with Crippen LogP contribution in [0.2, 0.25) is 0 Å². The summed E-state index contributed by atoms with van der Waals surface area (Å²) in [5.41, 5.74) is 0.308. The molecule has 2 aliphatic carbocycles. The Morgan fingerprint density at radius 1 is 0.882 bits per heavy atom. The molecule has 10 nitrogen and oxygen atoms in total. The maximum Gasteiger partial charge on any atom is 0.287 e. The molecule has 0 bridgehead atoms. The van der Waals surface area contributed by atoms with Gasteiger partial charge in [0.1, 0.15) is 17.6 Å². The van der Waals surface area contributed by atoms with Crippen molar-refractivity contribution in [2.45, 2.75) is 109 Å². The van der Waals surface area contributed by atoms with Gasteiger partial charge >= 0.3 is 0 Å². The van der Waals surface area contributed by atoms with Crippen LogP contribution in [0.25, 0.3) is 0 Å². The number of amides is 3. The number of halogens is 4. The molecule has 3 fully saturated rings. The van der Waals surface area contributed by atoms with Gasteiger partial charge in [-0.25, -0.2) is 17.6 Å². The minimum Gasteiger partial charge on any atom is -0.379 e. The third kappa shape index (κ3) is 10.1. The largest absolute Gasteiger partial charge is 0.379 e. The van der Waals surface area contributed by atoms with Crippen LogP contribution in [0.1, 0.15) is 106 Å². The Hall–Kier alpha value is -3.52. The molecule has 4 atom stereocenters. The van der Waals surface area contributed by atoms with E-state index < -0.39 is 48.2 Å². The number of carbonyl (C=O) groups is 3. The molecule has 0 spiro atoms. The number of morpholine rings is 1. The molecule has 2 saturated carbocycles. The topological polar surface area (TPSA) is 118 Å². The van der Waals surface area contributed by atoms with E-state index in [1.807, 2.05) is 6.92 Å². The molecule has 5 rings (SSSR count). The van der Waals surface area contributed by atoms with Gasteiger partial charge in [-0.1, -0.05) is 70.3 Å². The first kappa shape index (κ1) is 38.7. The van der Waals surface area contributed by atoms with E-state index >= 15 is 4.39 Å². The van der Waals surface area contributed by atoms with Gasteiger partial charge in [0.05, 0.1) is 30.9 Å². The van der Waals surface area contributed by atoms with Crippen LogP contribution in [0.4, 0.5) is 23.2 Å². The minimum atomic E-state index is -3.39. The quantitative estimate of drug-likeness (QED) is 0.158. The van der Waals surface area contributed by atoms with Crippen molar-refractivity contribution in [3.63, 3.8) is 0 Å². The predicted molar refractivity (Wildman–Crippen MR) is 185 cm³/mol. The lowest BCUT2D eigenvalue weighted by molar-refractivity contribution is -0.126. The molecule has 1 saturated heterocycles. The summed E-state index contributed by atoms with van der Waals surface area (Å²) >= 11 is 0. The van der Waals surface area contributed by atoms with E-state index in [-0.39, 0.29) is 35.0 Å². The Morgan fingerprint density at radius 3 is 2.10 bits per heavy atom. The van der Waals surface area contributed by atoms with Gasteiger partial charge in [-0.3, -0.25) is 24.0 Å². The summed E-state index contributed by atoms with van der Waals surface area (Å²) in [6.07, 6.45) is 5.57. The van der Waals surface area contributed by atoms with Crippen molar-refractivity contribution in [3.8, 4) is 0 Å². The number of hydrogen-bond acceptors (Lipinski definition) is 6. The highest BCUT2D eigenvalue weighted by molar-refractivity contribution is 6.01. The van der Waals surface area contributed by atoms with Crippen molar-refractivity contribution < 1.29 is 36.7 Å². The molecule has 51 heavy (non-hydrogen) atoms. The number of rotatable bonds is 14. The van der Waals surface area contributed by atoms with Crippen molar-refractivity contribution in [1.82, 2.24) is 25.3 Å². The van der Waals surface area contributed by atoms with Gasteiger partial charge in [-0.15, -0.1) is 0 Å². The third-order valence-corrected chi connectivity index (χ3v) is 10.9. The second-order valence-electron chi connectivity index (χ2n) is 14.4. The van der Waals surface area contributed by atoms with Crippen molar-refractivity contribution in [1.29, 1.82) is 0 Å². The van der Waals surface area contributed by atoms with E-state index in [9.17, 15) is 27.6 Å². The first-order chi connectivity index (χ1) is 24.5. The van der Waals surface area contributed by atoms with E-state index in [1.54, 1.807) is 22.3 Å². The maximum atomic E-state index is 15.6. The van der Waals surface area contributed by atoms with Crippen molar-refractivity contribution in [2.75, 3.05) is 38.2 Å². The van der Waals surface area contributed by atoms with E-state index in [2.05, 4.69) is 20.6 Å². The fraction of sp³-hybridized carbons (Fsp3) is 0.676. The van der Waals surface area contributed by atoms with E-state index in [0.29, 0.717) is 25.5 Å². The lowest BCUT2D eigenvalue weighted by Crippen LogP contribution is -2.53. The van der Waals surface area contributed by atoms with Crippen molar-refractivity contribution in [3.05, 3.63) is 47.5 Å². The first-order valence-electron chi connectivity index (χ1n) is 18.5. The molecule has 3 aliphatic rings. The molecule has 4 unspecified atom stereocenters. The summed E-state index contributed by atoms with van der Waals surface area (Å²) in [6.45, 7) is 6.91. The van der Waals surface area contributed by atoms with Gasteiger partial charge in [0, 0.05) is 25.8 Å². The number of aromatic nitrogens is 2. The summed E-state index contributed by atoms with van der Waals surface area (Å²) in [4.78, 5) is 43.1. The number of carbonyl (C=O) groups excluding carboxylic acids is 3. The number of alkyl halides is 3.